The van der Waals surface area contributed by atoms with Crippen molar-refractivity contribution >= 4 is 5.78 Å². The molecule has 0 bridgehead atoms. The van der Waals surface area contributed by atoms with E-state index < -0.39 is 5.54 Å². The molecule has 16 heavy (non-hydrogen) atoms. The van der Waals surface area contributed by atoms with Crippen LogP contribution in [0.2, 0.25) is 0 Å². The molecule has 2 aliphatic rings. The molecular weight excluding hydrogens is 202 g/mol. The quantitative estimate of drug-likeness (QED) is 0.767. The molecule has 0 saturated heterocycles. The van der Waals surface area contributed by atoms with Crippen LogP contribution in [0.15, 0.2) is 18.2 Å². The van der Waals surface area contributed by atoms with Crippen LogP contribution in [0.4, 0.5) is 0 Å². The second kappa shape index (κ2) is 3.32. The average Bonchev–Trinajstić information content (AvgIpc) is 2.71. The van der Waals surface area contributed by atoms with Gasteiger partial charge in [-0.1, -0.05) is 0 Å². The molecular formula is C13H15NO2. The van der Waals surface area contributed by atoms with Crippen LogP contribution < -0.4 is 10.5 Å². The van der Waals surface area contributed by atoms with Crippen molar-refractivity contribution in [2.45, 2.75) is 31.2 Å². The number of fused-ring (bicyclic) bond motifs is 1. The van der Waals surface area contributed by atoms with Crippen molar-refractivity contribution < 1.29 is 9.53 Å². The van der Waals surface area contributed by atoms with Gasteiger partial charge in [0.05, 0.1) is 12.1 Å². The maximum Gasteiger partial charge on any atom is 0.182 e. The van der Waals surface area contributed by atoms with Gasteiger partial charge in [0.25, 0.3) is 0 Å². The molecule has 2 N–H and O–H groups in total. The number of benzene rings is 1. The van der Waals surface area contributed by atoms with E-state index in [9.17, 15) is 4.79 Å². The summed E-state index contributed by atoms with van der Waals surface area (Å²) >= 11 is 0. The fourth-order valence-electron chi connectivity index (χ4n) is 2.40. The number of carbonyl (C=O) groups excluding carboxylic acids is 1. The molecule has 3 heteroatoms. The normalized spacial score (nSPS) is 20.8. The third kappa shape index (κ3) is 1.35. The Hall–Kier alpha value is -1.35. The van der Waals surface area contributed by atoms with Gasteiger partial charge in [-0.2, -0.15) is 0 Å². The summed E-state index contributed by atoms with van der Waals surface area (Å²) in [4.78, 5) is 12.2. The van der Waals surface area contributed by atoms with E-state index in [1.165, 1.54) is 0 Å². The molecule has 3 rings (SSSR count). The van der Waals surface area contributed by atoms with Crippen LogP contribution in [0.5, 0.6) is 5.75 Å². The number of Topliss-reactive ketones (excluding diaryl/α,β-unsaturated/α-hetero) is 1. The largest absolute Gasteiger partial charge is 0.493 e. The van der Waals surface area contributed by atoms with Crippen LogP contribution in [0.3, 0.4) is 0 Å². The summed E-state index contributed by atoms with van der Waals surface area (Å²) < 4.78 is 5.42. The van der Waals surface area contributed by atoms with E-state index in [4.69, 9.17) is 10.5 Å². The summed E-state index contributed by atoms with van der Waals surface area (Å²) in [6.07, 6.45) is 3.60. The summed E-state index contributed by atoms with van der Waals surface area (Å²) in [6.45, 7) is 0.723. The van der Waals surface area contributed by atoms with Crippen LogP contribution >= 0.6 is 0 Å². The number of rotatable bonds is 2. The summed E-state index contributed by atoms with van der Waals surface area (Å²) in [5.41, 5.74) is 7.33. The highest BCUT2D eigenvalue weighted by molar-refractivity contribution is 6.04. The molecule has 1 aliphatic carbocycles. The number of nitrogens with two attached hydrogens (primary N) is 1. The zero-order chi connectivity index (χ0) is 11.2. The van der Waals surface area contributed by atoms with Crippen LogP contribution in [0.1, 0.15) is 35.2 Å². The Kier molecular flexibility index (Phi) is 2.04. The monoisotopic (exact) mass is 217 g/mol. The highest BCUT2D eigenvalue weighted by Crippen LogP contribution is 2.34. The van der Waals surface area contributed by atoms with Crippen molar-refractivity contribution in [3.8, 4) is 5.75 Å². The molecule has 1 aliphatic heterocycles. The third-order valence-corrected chi connectivity index (χ3v) is 3.65. The summed E-state index contributed by atoms with van der Waals surface area (Å²) in [7, 11) is 0. The van der Waals surface area contributed by atoms with Gasteiger partial charge < -0.3 is 10.5 Å². The Morgan fingerprint density at radius 3 is 2.88 bits per heavy atom. The van der Waals surface area contributed by atoms with E-state index in [0.29, 0.717) is 0 Å². The smallest absolute Gasteiger partial charge is 0.182 e. The number of hydrogen-bond donors (Lipinski definition) is 1. The van der Waals surface area contributed by atoms with Crippen molar-refractivity contribution in [3.63, 3.8) is 0 Å². The maximum absolute atomic E-state index is 12.2. The molecule has 0 unspecified atom stereocenters. The lowest BCUT2D eigenvalue weighted by atomic mass is 9.72. The molecule has 3 nitrogen and oxygen atoms in total. The van der Waals surface area contributed by atoms with E-state index in [0.717, 1.165) is 49.2 Å². The van der Waals surface area contributed by atoms with E-state index in [2.05, 4.69) is 0 Å². The van der Waals surface area contributed by atoms with Gasteiger partial charge in [0.2, 0.25) is 0 Å². The molecule has 1 saturated carbocycles. The first kappa shape index (κ1) is 9.85. The Bertz CT molecular complexity index is 449. The first-order valence-corrected chi connectivity index (χ1v) is 5.78. The zero-order valence-electron chi connectivity index (χ0n) is 9.16. The Balaban J connectivity index is 1.92. The van der Waals surface area contributed by atoms with Crippen LogP contribution in [0.25, 0.3) is 0 Å². The van der Waals surface area contributed by atoms with Gasteiger partial charge in [-0.15, -0.1) is 0 Å². The van der Waals surface area contributed by atoms with Gasteiger partial charge in [0.15, 0.2) is 5.78 Å². The highest BCUT2D eigenvalue weighted by atomic mass is 16.5. The molecule has 84 valence electrons. The molecule has 1 aromatic rings. The minimum atomic E-state index is -0.590. The average molecular weight is 217 g/mol. The SMILES string of the molecule is NC1(C(=O)c2ccc3c(c2)CCO3)CCC1. The predicted molar refractivity (Wildman–Crippen MR) is 60.7 cm³/mol. The minimum Gasteiger partial charge on any atom is -0.493 e. The van der Waals surface area contributed by atoms with Gasteiger partial charge in [-0.25, -0.2) is 0 Å². The molecule has 1 aromatic carbocycles. The molecule has 0 amide bonds. The number of ketones is 1. The van der Waals surface area contributed by atoms with Crippen LogP contribution in [-0.4, -0.2) is 17.9 Å². The predicted octanol–water partition coefficient (Wildman–Crippen LogP) is 1.69. The Morgan fingerprint density at radius 1 is 1.38 bits per heavy atom. The highest BCUT2D eigenvalue weighted by Gasteiger charge is 2.40. The lowest BCUT2D eigenvalue weighted by Gasteiger charge is -2.36. The zero-order valence-corrected chi connectivity index (χ0v) is 9.16. The van der Waals surface area contributed by atoms with Crippen molar-refractivity contribution in [1.82, 2.24) is 0 Å². The summed E-state index contributed by atoms with van der Waals surface area (Å²) in [5.74, 6) is 1.00. The van der Waals surface area contributed by atoms with Crippen molar-refractivity contribution in [2.75, 3.05) is 6.61 Å². The summed E-state index contributed by atoms with van der Waals surface area (Å²) in [5, 5.41) is 0. The van der Waals surface area contributed by atoms with Crippen molar-refractivity contribution in [1.29, 1.82) is 0 Å². The van der Waals surface area contributed by atoms with Gasteiger partial charge in [0.1, 0.15) is 5.75 Å². The molecule has 0 aromatic heterocycles. The lowest BCUT2D eigenvalue weighted by Crippen LogP contribution is -2.53. The number of hydrogen-bond acceptors (Lipinski definition) is 3. The van der Waals surface area contributed by atoms with E-state index in [1.807, 2.05) is 18.2 Å². The van der Waals surface area contributed by atoms with E-state index in [-0.39, 0.29) is 5.78 Å². The second-order valence-electron chi connectivity index (χ2n) is 4.76. The topological polar surface area (TPSA) is 52.3 Å². The molecule has 0 atom stereocenters. The van der Waals surface area contributed by atoms with Gasteiger partial charge in [-0.05, 0) is 43.0 Å². The first-order valence-electron chi connectivity index (χ1n) is 5.78. The van der Waals surface area contributed by atoms with Gasteiger partial charge >= 0.3 is 0 Å². The molecule has 0 radical (unpaired) electrons. The molecule has 1 fully saturated rings. The standard InChI is InChI=1S/C13H15NO2/c14-13(5-1-6-13)12(15)10-2-3-11-9(8-10)4-7-16-11/h2-3,8H,1,4-7,14H2. The number of carbonyl (C=O) groups is 1. The summed E-state index contributed by atoms with van der Waals surface area (Å²) in [6, 6.07) is 5.66. The third-order valence-electron chi connectivity index (χ3n) is 3.65. The van der Waals surface area contributed by atoms with Crippen molar-refractivity contribution in [3.05, 3.63) is 29.3 Å². The Labute approximate surface area is 94.6 Å². The fourth-order valence-corrected chi connectivity index (χ4v) is 2.40. The van der Waals surface area contributed by atoms with E-state index in [1.54, 1.807) is 0 Å². The lowest BCUT2D eigenvalue weighted by molar-refractivity contribution is 0.0800. The van der Waals surface area contributed by atoms with E-state index >= 15 is 0 Å². The van der Waals surface area contributed by atoms with Gasteiger partial charge in [-0.3, -0.25) is 4.79 Å². The van der Waals surface area contributed by atoms with Crippen molar-refractivity contribution in [2.24, 2.45) is 5.73 Å². The second-order valence-corrected chi connectivity index (χ2v) is 4.76. The minimum absolute atomic E-state index is 0.0912. The maximum atomic E-state index is 12.2. The van der Waals surface area contributed by atoms with Gasteiger partial charge in [0, 0.05) is 12.0 Å². The fraction of sp³-hybridized carbons (Fsp3) is 0.462. The molecule has 1 heterocycles. The first-order chi connectivity index (χ1) is 7.69. The molecule has 0 spiro atoms. The number of ether oxygens (including phenoxy) is 1. The Morgan fingerprint density at radius 2 is 2.19 bits per heavy atom. The van der Waals surface area contributed by atoms with Crippen LogP contribution in [-0.2, 0) is 6.42 Å². The van der Waals surface area contributed by atoms with Crippen LogP contribution in [0, 0.1) is 0 Å².